The molecule has 0 bridgehead atoms. The van der Waals surface area contributed by atoms with Crippen LogP contribution in [-0.4, -0.2) is 34.2 Å². The second-order valence-corrected chi connectivity index (χ2v) is 12.0. The Morgan fingerprint density at radius 3 is 2.47 bits per heavy atom. The van der Waals surface area contributed by atoms with Crippen molar-refractivity contribution in [3.8, 4) is 16.9 Å². The number of benzene rings is 1. The minimum absolute atomic E-state index is 0.00977. The molecule has 2 atom stereocenters. The maximum absolute atomic E-state index is 16.0. The van der Waals surface area contributed by atoms with Gasteiger partial charge in [-0.1, -0.05) is 29.3 Å². The van der Waals surface area contributed by atoms with E-state index in [-0.39, 0.29) is 33.3 Å². The smallest absolute Gasteiger partial charge is 0.274 e. The summed E-state index contributed by atoms with van der Waals surface area (Å²) < 4.78 is 56.2. The summed E-state index contributed by atoms with van der Waals surface area (Å²) in [6.45, 7) is 3.20. The van der Waals surface area contributed by atoms with Gasteiger partial charge in [0.15, 0.2) is 21.5 Å². The van der Waals surface area contributed by atoms with Gasteiger partial charge in [-0.3, -0.25) is 19.3 Å². The third-order valence-corrected chi connectivity index (χ3v) is 8.25. The molecule has 1 aliphatic rings. The number of nitrogens with zero attached hydrogens (tertiary/aromatic N) is 4. The molecule has 4 aromatic rings. The van der Waals surface area contributed by atoms with Gasteiger partial charge in [0.05, 0.1) is 17.6 Å². The van der Waals surface area contributed by atoms with Crippen LogP contribution in [0.4, 0.5) is 8.78 Å². The maximum atomic E-state index is 16.0. The molecule has 0 aliphatic heterocycles. The molecule has 5 rings (SSSR count). The fourth-order valence-corrected chi connectivity index (χ4v) is 5.88. The van der Waals surface area contributed by atoms with Gasteiger partial charge in [0.2, 0.25) is 0 Å². The first-order valence-electron chi connectivity index (χ1n) is 11.4. The third kappa shape index (κ3) is 4.50. The Morgan fingerprint density at radius 1 is 1.05 bits per heavy atom. The van der Waals surface area contributed by atoms with Crippen LogP contribution < -0.4 is 5.56 Å². The average molecular weight is 577 g/mol. The number of rotatable bonds is 5. The molecule has 0 amide bonds. The van der Waals surface area contributed by atoms with E-state index in [0.717, 1.165) is 16.9 Å². The van der Waals surface area contributed by atoms with Crippen LogP contribution in [0.2, 0.25) is 10.2 Å². The van der Waals surface area contributed by atoms with Crippen molar-refractivity contribution in [1.29, 1.82) is 0 Å². The molecule has 3 heterocycles. The lowest BCUT2D eigenvalue weighted by Gasteiger charge is -2.18. The molecule has 0 unspecified atom stereocenters. The van der Waals surface area contributed by atoms with E-state index in [0.29, 0.717) is 28.9 Å². The minimum Gasteiger partial charge on any atom is -0.277 e. The van der Waals surface area contributed by atoms with Gasteiger partial charge >= 0.3 is 0 Å². The van der Waals surface area contributed by atoms with Crippen LogP contribution in [0.1, 0.15) is 40.8 Å². The van der Waals surface area contributed by atoms with Gasteiger partial charge in [-0.15, -0.1) is 0 Å². The van der Waals surface area contributed by atoms with E-state index in [4.69, 9.17) is 23.2 Å². The lowest BCUT2D eigenvalue weighted by molar-refractivity contribution is 0.569. The van der Waals surface area contributed by atoms with Crippen molar-refractivity contribution in [3.63, 3.8) is 0 Å². The normalized spacial score (nSPS) is 17.0. The molecule has 1 saturated carbocycles. The molecular formula is C26H20Cl2F2N4O3S. The lowest BCUT2D eigenvalue weighted by atomic mass is 10.1. The Bertz CT molecular complexity index is 1790. The molecule has 1 fully saturated rings. The van der Waals surface area contributed by atoms with Gasteiger partial charge in [-0.2, -0.15) is 0 Å². The lowest BCUT2D eigenvalue weighted by Crippen LogP contribution is -2.24. The van der Waals surface area contributed by atoms with Crippen molar-refractivity contribution in [2.24, 2.45) is 0 Å². The molecule has 38 heavy (non-hydrogen) atoms. The summed E-state index contributed by atoms with van der Waals surface area (Å²) in [7, 11) is -3.91. The highest BCUT2D eigenvalue weighted by atomic mass is 35.5. The van der Waals surface area contributed by atoms with Crippen LogP contribution >= 0.6 is 23.2 Å². The van der Waals surface area contributed by atoms with Crippen molar-refractivity contribution >= 4 is 33.0 Å². The summed E-state index contributed by atoms with van der Waals surface area (Å²) in [5, 5.41) is 0.198. The predicted molar refractivity (Wildman–Crippen MR) is 140 cm³/mol. The standard InChI is InChI=1S/C26H20Cl2F2N4O3S/c1-12-9-32-24(14-5-4-6-19(22(14)29)38(3,36)37)23(30)25(12)34-13(2)7-17(21(28)26(34)35)15-8-16(15)18-10-31-11-20(27)33-18/h4-7,9-11,15-16H,8H2,1-3H3/t15-,16-/m0/s1. The largest absolute Gasteiger partial charge is 0.277 e. The zero-order chi connectivity index (χ0) is 27.5. The zero-order valence-electron chi connectivity index (χ0n) is 20.3. The van der Waals surface area contributed by atoms with Gasteiger partial charge in [-0.25, -0.2) is 22.2 Å². The zero-order valence-corrected chi connectivity index (χ0v) is 22.7. The Morgan fingerprint density at radius 2 is 1.79 bits per heavy atom. The summed E-state index contributed by atoms with van der Waals surface area (Å²) >= 11 is 12.5. The van der Waals surface area contributed by atoms with E-state index in [1.807, 2.05) is 0 Å². The van der Waals surface area contributed by atoms with Crippen molar-refractivity contribution in [3.05, 3.63) is 97.5 Å². The number of pyridine rings is 2. The molecule has 1 aromatic carbocycles. The van der Waals surface area contributed by atoms with Gasteiger partial charge in [0, 0.05) is 35.8 Å². The molecule has 196 valence electrons. The molecule has 7 nitrogen and oxygen atoms in total. The first-order chi connectivity index (χ1) is 17.9. The topological polar surface area (TPSA) is 94.8 Å². The first-order valence-corrected chi connectivity index (χ1v) is 14.1. The second kappa shape index (κ2) is 9.52. The highest BCUT2D eigenvalue weighted by Crippen LogP contribution is 2.55. The van der Waals surface area contributed by atoms with Crippen molar-refractivity contribution in [2.45, 2.75) is 37.0 Å². The molecule has 0 spiro atoms. The van der Waals surface area contributed by atoms with E-state index < -0.39 is 37.6 Å². The third-order valence-electron chi connectivity index (χ3n) is 6.57. The fourth-order valence-electron chi connectivity index (χ4n) is 4.69. The Kier molecular flexibility index (Phi) is 6.61. The summed E-state index contributed by atoms with van der Waals surface area (Å²) in [6.07, 6.45) is 5.90. The van der Waals surface area contributed by atoms with Gasteiger partial charge in [0.1, 0.15) is 20.8 Å². The molecule has 0 radical (unpaired) electrons. The summed E-state index contributed by atoms with van der Waals surface area (Å²) in [5.74, 6) is -2.20. The molecule has 1 aliphatic carbocycles. The van der Waals surface area contributed by atoms with Crippen LogP contribution in [0.15, 0.2) is 52.5 Å². The van der Waals surface area contributed by atoms with Crippen molar-refractivity contribution in [1.82, 2.24) is 19.5 Å². The maximum Gasteiger partial charge on any atom is 0.274 e. The first kappa shape index (κ1) is 26.4. The van der Waals surface area contributed by atoms with Gasteiger partial charge < -0.3 is 0 Å². The van der Waals surface area contributed by atoms with Crippen molar-refractivity contribution < 1.29 is 17.2 Å². The molecule has 0 N–H and O–H groups in total. The highest BCUT2D eigenvalue weighted by molar-refractivity contribution is 7.90. The summed E-state index contributed by atoms with van der Waals surface area (Å²) in [6, 6.07) is 5.34. The minimum atomic E-state index is -3.91. The Labute approximate surface area is 227 Å². The molecule has 3 aromatic heterocycles. The van der Waals surface area contributed by atoms with Crippen molar-refractivity contribution in [2.75, 3.05) is 6.26 Å². The van der Waals surface area contributed by atoms with Crippen LogP contribution in [-0.2, 0) is 9.84 Å². The monoisotopic (exact) mass is 576 g/mol. The van der Waals surface area contributed by atoms with E-state index in [1.54, 1.807) is 26.1 Å². The summed E-state index contributed by atoms with van der Waals surface area (Å²) in [5.41, 5.74) is 0.443. The van der Waals surface area contributed by atoms with Gasteiger partial charge in [0.25, 0.3) is 5.56 Å². The average Bonchev–Trinajstić information content (AvgIpc) is 3.64. The second-order valence-electron chi connectivity index (χ2n) is 9.25. The quantitative estimate of drug-likeness (QED) is 0.308. The van der Waals surface area contributed by atoms with Crippen LogP contribution in [0, 0.1) is 25.5 Å². The van der Waals surface area contributed by atoms with Gasteiger partial charge in [-0.05, 0) is 55.5 Å². The highest BCUT2D eigenvalue weighted by Gasteiger charge is 2.43. The predicted octanol–water partition coefficient (Wildman–Crippen LogP) is 5.57. The van der Waals surface area contributed by atoms with E-state index >= 15 is 8.78 Å². The number of hydrogen-bond donors (Lipinski definition) is 0. The number of aryl methyl sites for hydroxylation is 2. The van der Waals surface area contributed by atoms with E-state index in [1.165, 1.54) is 24.5 Å². The Balaban J connectivity index is 1.62. The number of hydrogen-bond acceptors (Lipinski definition) is 6. The van der Waals surface area contributed by atoms with Crippen LogP contribution in [0.5, 0.6) is 0 Å². The summed E-state index contributed by atoms with van der Waals surface area (Å²) in [4.78, 5) is 25.3. The number of aromatic nitrogens is 4. The molecule has 12 heteroatoms. The van der Waals surface area contributed by atoms with Crippen LogP contribution in [0.3, 0.4) is 0 Å². The molecule has 0 saturated heterocycles. The van der Waals surface area contributed by atoms with E-state index in [2.05, 4.69) is 15.0 Å². The number of halogens is 4. The fraction of sp³-hybridized carbons (Fsp3) is 0.231. The van der Waals surface area contributed by atoms with Crippen LogP contribution in [0.25, 0.3) is 16.9 Å². The number of sulfone groups is 1. The SMILES string of the molecule is Cc1cnc(-c2cccc(S(C)(=O)=O)c2F)c(F)c1-n1c(C)cc([C@H]2C[C@@H]2c2cncc(Cl)n2)c(Cl)c1=O. The molecular weight excluding hydrogens is 557 g/mol. The Hall–Kier alpha value is -3.21. The van der Waals surface area contributed by atoms with E-state index in [9.17, 15) is 13.2 Å².